The van der Waals surface area contributed by atoms with Crippen LogP contribution in [0.15, 0.2) is 18.2 Å². The zero-order chi connectivity index (χ0) is 10.6. The molecule has 2 N–H and O–H groups in total. The summed E-state index contributed by atoms with van der Waals surface area (Å²) >= 11 is 0. The van der Waals surface area contributed by atoms with Crippen molar-refractivity contribution < 1.29 is 14.9 Å². The van der Waals surface area contributed by atoms with Gasteiger partial charge < -0.3 is 14.9 Å². The van der Waals surface area contributed by atoms with E-state index >= 15 is 0 Å². The van der Waals surface area contributed by atoms with Gasteiger partial charge in [-0.3, -0.25) is 0 Å². The zero-order valence-corrected chi connectivity index (χ0v) is 8.23. The second-order valence-corrected chi connectivity index (χ2v) is 3.01. The van der Waals surface area contributed by atoms with Crippen molar-refractivity contribution in [1.82, 2.24) is 0 Å². The topological polar surface area (TPSA) is 49.7 Å². The van der Waals surface area contributed by atoms with Crippen molar-refractivity contribution in [3.8, 4) is 11.5 Å². The SMILES string of the molecule is [CH2]C(CO)c1cccc(O)c1OCC. The standard InChI is InChI=1S/C11H15O3/c1-3-14-11-9(8(2)7-12)5-4-6-10(11)13/h4-6,8,12-13H,2-3,7H2,1H3. The largest absolute Gasteiger partial charge is 0.504 e. The molecular formula is C11H15O3. The predicted molar refractivity (Wildman–Crippen MR) is 54.5 cm³/mol. The molecule has 0 saturated carbocycles. The average Bonchev–Trinajstić information content (AvgIpc) is 2.20. The third-order valence-corrected chi connectivity index (χ3v) is 1.97. The van der Waals surface area contributed by atoms with Crippen LogP contribution in [0.2, 0.25) is 0 Å². The second kappa shape index (κ2) is 4.86. The second-order valence-electron chi connectivity index (χ2n) is 3.01. The van der Waals surface area contributed by atoms with Crippen LogP contribution in [0.5, 0.6) is 11.5 Å². The molecule has 1 atom stereocenters. The van der Waals surface area contributed by atoms with E-state index in [0.29, 0.717) is 12.4 Å². The molecule has 1 rings (SSSR count). The van der Waals surface area contributed by atoms with E-state index in [9.17, 15) is 5.11 Å². The highest BCUT2D eigenvalue weighted by Gasteiger charge is 2.13. The number of aromatic hydroxyl groups is 1. The number of para-hydroxylation sites is 1. The van der Waals surface area contributed by atoms with E-state index in [2.05, 4.69) is 6.92 Å². The third kappa shape index (κ3) is 2.17. The van der Waals surface area contributed by atoms with E-state index in [0.717, 1.165) is 5.56 Å². The van der Waals surface area contributed by atoms with Crippen LogP contribution in [0, 0.1) is 6.92 Å². The highest BCUT2D eigenvalue weighted by Crippen LogP contribution is 2.34. The predicted octanol–water partition coefficient (Wildman–Crippen LogP) is 1.70. The number of ether oxygens (including phenoxy) is 1. The Kier molecular flexibility index (Phi) is 3.77. The fourth-order valence-electron chi connectivity index (χ4n) is 1.26. The molecule has 3 heteroatoms. The molecule has 0 heterocycles. The van der Waals surface area contributed by atoms with Crippen LogP contribution < -0.4 is 4.74 Å². The smallest absolute Gasteiger partial charge is 0.164 e. The van der Waals surface area contributed by atoms with Crippen LogP contribution >= 0.6 is 0 Å². The molecule has 3 nitrogen and oxygen atoms in total. The van der Waals surface area contributed by atoms with Crippen LogP contribution in [-0.2, 0) is 0 Å². The molecule has 0 spiro atoms. The molecule has 0 fully saturated rings. The molecule has 14 heavy (non-hydrogen) atoms. The Bertz CT molecular complexity index is 297. The first kappa shape index (κ1) is 10.9. The normalized spacial score (nSPS) is 12.5. The summed E-state index contributed by atoms with van der Waals surface area (Å²) in [6.45, 7) is 6.02. The Morgan fingerprint density at radius 3 is 2.79 bits per heavy atom. The van der Waals surface area contributed by atoms with Crippen LogP contribution in [0.4, 0.5) is 0 Å². The maximum Gasteiger partial charge on any atom is 0.164 e. The van der Waals surface area contributed by atoms with Gasteiger partial charge in [-0.25, -0.2) is 0 Å². The summed E-state index contributed by atoms with van der Waals surface area (Å²) in [4.78, 5) is 0. The Hall–Kier alpha value is -1.22. The van der Waals surface area contributed by atoms with Gasteiger partial charge in [-0.1, -0.05) is 12.1 Å². The fraction of sp³-hybridized carbons (Fsp3) is 0.364. The molecule has 0 saturated heterocycles. The minimum atomic E-state index is -0.274. The molecule has 1 aromatic carbocycles. The Labute approximate surface area is 84.0 Å². The zero-order valence-electron chi connectivity index (χ0n) is 8.23. The van der Waals surface area contributed by atoms with Crippen molar-refractivity contribution in [1.29, 1.82) is 0 Å². The molecule has 0 aliphatic heterocycles. The van der Waals surface area contributed by atoms with Gasteiger partial charge in [-0.2, -0.15) is 0 Å². The van der Waals surface area contributed by atoms with Crippen LogP contribution in [-0.4, -0.2) is 23.4 Å². The molecule has 1 aromatic rings. The van der Waals surface area contributed by atoms with E-state index in [1.54, 1.807) is 18.2 Å². The first-order valence-electron chi connectivity index (χ1n) is 4.59. The monoisotopic (exact) mass is 195 g/mol. The summed E-state index contributed by atoms with van der Waals surface area (Å²) in [5, 5.41) is 18.5. The van der Waals surface area contributed by atoms with Crippen molar-refractivity contribution in [2.24, 2.45) is 0 Å². The Morgan fingerprint density at radius 2 is 2.21 bits per heavy atom. The van der Waals surface area contributed by atoms with Crippen molar-refractivity contribution >= 4 is 0 Å². The first-order chi connectivity index (χ1) is 6.70. The maximum absolute atomic E-state index is 9.53. The molecule has 1 radical (unpaired) electrons. The molecule has 77 valence electrons. The van der Waals surface area contributed by atoms with Gasteiger partial charge in [0.1, 0.15) is 0 Å². The van der Waals surface area contributed by atoms with Gasteiger partial charge in [0.15, 0.2) is 11.5 Å². The number of aliphatic hydroxyl groups excluding tert-OH is 1. The number of phenols is 1. The molecule has 0 aromatic heterocycles. The highest BCUT2D eigenvalue weighted by molar-refractivity contribution is 5.47. The third-order valence-electron chi connectivity index (χ3n) is 1.97. The lowest BCUT2D eigenvalue weighted by atomic mass is 10.0. The van der Waals surface area contributed by atoms with Gasteiger partial charge in [0.25, 0.3) is 0 Å². The number of phenolic OH excluding ortho intramolecular Hbond substituents is 1. The average molecular weight is 195 g/mol. The van der Waals surface area contributed by atoms with Crippen molar-refractivity contribution in [2.45, 2.75) is 12.8 Å². The lowest BCUT2D eigenvalue weighted by Crippen LogP contribution is -2.03. The minimum Gasteiger partial charge on any atom is -0.504 e. The molecule has 0 aliphatic rings. The summed E-state index contributed by atoms with van der Waals surface area (Å²) in [5.74, 6) is 0.235. The molecule has 0 amide bonds. The van der Waals surface area contributed by atoms with Crippen LogP contribution in [0.3, 0.4) is 0 Å². The Balaban J connectivity index is 3.07. The lowest BCUT2D eigenvalue weighted by Gasteiger charge is -2.15. The summed E-state index contributed by atoms with van der Waals surface area (Å²) in [5.41, 5.74) is 0.731. The number of hydrogen-bond donors (Lipinski definition) is 2. The molecule has 1 unspecified atom stereocenters. The highest BCUT2D eigenvalue weighted by atomic mass is 16.5. The Morgan fingerprint density at radius 1 is 1.50 bits per heavy atom. The number of aliphatic hydroxyl groups is 1. The van der Waals surface area contributed by atoms with Crippen molar-refractivity contribution in [3.63, 3.8) is 0 Å². The van der Waals surface area contributed by atoms with E-state index in [1.807, 2.05) is 6.92 Å². The lowest BCUT2D eigenvalue weighted by molar-refractivity contribution is 0.273. The van der Waals surface area contributed by atoms with E-state index < -0.39 is 0 Å². The summed E-state index contributed by atoms with van der Waals surface area (Å²) < 4.78 is 5.29. The summed E-state index contributed by atoms with van der Waals surface area (Å²) in [7, 11) is 0. The van der Waals surface area contributed by atoms with Gasteiger partial charge in [-0.05, 0) is 19.9 Å². The number of hydrogen-bond acceptors (Lipinski definition) is 3. The van der Waals surface area contributed by atoms with Crippen molar-refractivity contribution in [2.75, 3.05) is 13.2 Å². The van der Waals surface area contributed by atoms with E-state index in [4.69, 9.17) is 9.84 Å². The van der Waals surface area contributed by atoms with Crippen LogP contribution in [0.25, 0.3) is 0 Å². The summed E-state index contributed by atoms with van der Waals surface area (Å²) in [6.07, 6.45) is 0. The van der Waals surface area contributed by atoms with Gasteiger partial charge in [0, 0.05) is 11.5 Å². The van der Waals surface area contributed by atoms with E-state index in [-0.39, 0.29) is 18.3 Å². The maximum atomic E-state index is 9.53. The number of benzene rings is 1. The quantitative estimate of drug-likeness (QED) is 0.768. The van der Waals surface area contributed by atoms with Crippen LogP contribution in [0.1, 0.15) is 18.4 Å². The summed E-state index contributed by atoms with van der Waals surface area (Å²) in [6, 6.07) is 5.05. The van der Waals surface area contributed by atoms with Gasteiger partial charge >= 0.3 is 0 Å². The van der Waals surface area contributed by atoms with Gasteiger partial charge in [0.2, 0.25) is 0 Å². The minimum absolute atomic E-state index is 0.0659. The number of rotatable bonds is 4. The molecular weight excluding hydrogens is 180 g/mol. The van der Waals surface area contributed by atoms with Crippen molar-refractivity contribution in [3.05, 3.63) is 30.7 Å². The van der Waals surface area contributed by atoms with Gasteiger partial charge in [-0.15, -0.1) is 0 Å². The van der Waals surface area contributed by atoms with E-state index in [1.165, 1.54) is 0 Å². The first-order valence-corrected chi connectivity index (χ1v) is 4.59. The molecule has 0 bridgehead atoms. The fourth-order valence-corrected chi connectivity index (χ4v) is 1.26. The molecule has 0 aliphatic carbocycles. The van der Waals surface area contributed by atoms with Gasteiger partial charge in [0.05, 0.1) is 13.2 Å².